The van der Waals surface area contributed by atoms with Crippen molar-refractivity contribution < 1.29 is 44.9 Å². The van der Waals surface area contributed by atoms with E-state index in [4.69, 9.17) is 9.15 Å². The molecule has 1 fully saturated rings. The second kappa shape index (κ2) is 7.84. The largest absolute Gasteiger partial charge is 0.508 e. The molecule has 4 rings (SSSR count). The molecule has 31 heavy (non-hydrogen) atoms. The maximum Gasteiger partial charge on any atom is 0.197 e. The summed E-state index contributed by atoms with van der Waals surface area (Å²) in [4.78, 5) is 12.7. The highest BCUT2D eigenvalue weighted by Gasteiger charge is 2.46. The van der Waals surface area contributed by atoms with Gasteiger partial charge in [-0.25, -0.2) is 0 Å². The van der Waals surface area contributed by atoms with E-state index in [9.17, 15) is 40.5 Å². The smallest absolute Gasteiger partial charge is 0.197 e. The summed E-state index contributed by atoms with van der Waals surface area (Å²) >= 11 is 0. The molecular weight excluding hydrogens is 412 g/mol. The molecule has 0 bridgehead atoms. The van der Waals surface area contributed by atoms with Crippen LogP contribution in [0.2, 0.25) is 0 Å². The van der Waals surface area contributed by atoms with Crippen LogP contribution in [-0.4, -0.2) is 66.8 Å². The van der Waals surface area contributed by atoms with Crippen LogP contribution in [0.4, 0.5) is 0 Å². The summed E-state index contributed by atoms with van der Waals surface area (Å²) in [6, 6.07) is 7.69. The first-order chi connectivity index (χ1) is 14.7. The fourth-order valence-corrected chi connectivity index (χ4v) is 3.70. The van der Waals surface area contributed by atoms with Crippen molar-refractivity contribution in [1.82, 2.24) is 0 Å². The highest BCUT2D eigenvalue weighted by Crippen LogP contribution is 2.43. The van der Waals surface area contributed by atoms with Gasteiger partial charge in [-0.15, -0.1) is 0 Å². The highest BCUT2D eigenvalue weighted by atomic mass is 16.5. The standard InChI is InChI=1S/C21H20O10/c22-7-14-17(27)18(28)19(29)21(31-14)16-11(25)5-10(24)15-12(26)6-13(30-20(15)16)8-1-3-9(23)4-2-8/h1-6,14,17-19,21-25,27-29H,7H2/t14-,17+,18+,19-,21-/m1/s1. The van der Waals surface area contributed by atoms with Crippen LogP contribution in [0.25, 0.3) is 22.3 Å². The Hall–Kier alpha value is -3.15. The number of phenolic OH excluding ortho intramolecular Hbond substituents is 3. The quantitative estimate of drug-likeness (QED) is 0.300. The minimum atomic E-state index is -1.75. The molecule has 0 saturated carbocycles. The Morgan fingerprint density at radius 3 is 2.19 bits per heavy atom. The number of ether oxygens (including phenoxy) is 1. The maximum absolute atomic E-state index is 12.7. The molecule has 0 amide bonds. The lowest BCUT2D eigenvalue weighted by Crippen LogP contribution is -2.55. The topological polar surface area (TPSA) is 181 Å². The molecule has 0 aliphatic carbocycles. The first kappa shape index (κ1) is 21.1. The molecule has 0 spiro atoms. The van der Waals surface area contributed by atoms with Gasteiger partial charge in [-0.3, -0.25) is 4.79 Å². The summed E-state index contributed by atoms with van der Waals surface area (Å²) in [6.07, 6.45) is -7.87. The number of rotatable bonds is 3. The summed E-state index contributed by atoms with van der Waals surface area (Å²) in [5.74, 6) is -1.15. The average Bonchev–Trinajstić information content (AvgIpc) is 2.73. The van der Waals surface area contributed by atoms with Gasteiger partial charge >= 0.3 is 0 Å². The number of benzene rings is 2. The lowest BCUT2D eigenvalue weighted by Gasteiger charge is -2.40. The number of phenols is 3. The molecule has 10 heteroatoms. The first-order valence-electron chi connectivity index (χ1n) is 9.35. The van der Waals surface area contributed by atoms with Gasteiger partial charge in [-0.1, -0.05) is 0 Å². The zero-order valence-corrected chi connectivity index (χ0v) is 15.9. The lowest BCUT2D eigenvalue weighted by atomic mass is 9.89. The molecule has 10 nitrogen and oxygen atoms in total. The van der Waals surface area contributed by atoms with Crippen molar-refractivity contribution >= 4 is 11.0 Å². The van der Waals surface area contributed by atoms with Crippen LogP contribution in [0, 0.1) is 0 Å². The molecular formula is C21H20O10. The second-order valence-corrected chi connectivity index (χ2v) is 7.30. The van der Waals surface area contributed by atoms with E-state index in [0.717, 1.165) is 12.1 Å². The van der Waals surface area contributed by atoms with Gasteiger partial charge in [0.25, 0.3) is 0 Å². The molecule has 1 aromatic heterocycles. The van der Waals surface area contributed by atoms with E-state index in [0.29, 0.717) is 5.56 Å². The summed E-state index contributed by atoms with van der Waals surface area (Å²) in [5.41, 5.74) is -0.813. The van der Waals surface area contributed by atoms with Crippen LogP contribution in [-0.2, 0) is 4.74 Å². The zero-order valence-electron chi connectivity index (χ0n) is 15.9. The predicted octanol–water partition coefficient (Wildman–Crippen LogP) is 0.0917. The van der Waals surface area contributed by atoms with Crippen LogP contribution in [0.3, 0.4) is 0 Å². The fraction of sp³-hybridized carbons (Fsp3) is 0.286. The van der Waals surface area contributed by atoms with Crippen molar-refractivity contribution in [3.63, 3.8) is 0 Å². The third-order valence-electron chi connectivity index (χ3n) is 5.33. The Bertz CT molecular complexity index is 1170. The van der Waals surface area contributed by atoms with Gasteiger partial charge in [0, 0.05) is 17.7 Å². The van der Waals surface area contributed by atoms with Crippen molar-refractivity contribution in [3.05, 3.63) is 52.2 Å². The summed E-state index contributed by atoms with van der Waals surface area (Å²) in [6.45, 7) is -0.694. The third-order valence-corrected chi connectivity index (χ3v) is 5.33. The Morgan fingerprint density at radius 1 is 0.871 bits per heavy atom. The molecule has 1 aliphatic rings. The normalized spacial score (nSPS) is 26.3. The first-order valence-corrected chi connectivity index (χ1v) is 9.35. The lowest BCUT2D eigenvalue weighted by molar-refractivity contribution is -0.231. The van der Waals surface area contributed by atoms with Crippen LogP contribution in [0.5, 0.6) is 17.2 Å². The third kappa shape index (κ3) is 3.50. The summed E-state index contributed by atoms with van der Waals surface area (Å²) in [5, 5.41) is 70.0. The van der Waals surface area contributed by atoms with Crippen molar-refractivity contribution in [3.8, 4) is 28.6 Å². The highest BCUT2D eigenvalue weighted by molar-refractivity contribution is 5.89. The molecule has 7 N–H and O–H groups in total. The SMILES string of the molecule is O=c1cc(-c2ccc(O)cc2)oc2c([C@H]3O[C@H](CO)[C@H](O)[C@H](O)[C@H]3O)c(O)cc(O)c12. The number of fused-ring (bicyclic) bond motifs is 1. The molecule has 2 heterocycles. The molecule has 3 aromatic rings. The minimum Gasteiger partial charge on any atom is -0.508 e. The average molecular weight is 432 g/mol. The Morgan fingerprint density at radius 2 is 1.55 bits per heavy atom. The maximum atomic E-state index is 12.7. The van der Waals surface area contributed by atoms with Crippen LogP contribution >= 0.6 is 0 Å². The summed E-state index contributed by atoms with van der Waals surface area (Å²) < 4.78 is 11.3. The van der Waals surface area contributed by atoms with Gasteiger partial charge in [-0.2, -0.15) is 0 Å². The molecule has 5 atom stereocenters. The molecule has 2 aromatic carbocycles. The summed E-state index contributed by atoms with van der Waals surface area (Å²) in [7, 11) is 0. The molecule has 1 aliphatic heterocycles. The predicted molar refractivity (Wildman–Crippen MR) is 106 cm³/mol. The van der Waals surface area contributed by atoms with E-state index in [1.807, 2.05) is 0 Å². The number of aromatic hydroxyl groups is 3. The van der Waals surface area contributed by atoms with E-state index in [1.165, 1.54) is 24.3 Å². The molecule has 0 unspecified atom stereocenters. The van der Waals surface area contributed by atoms with Crippen molar-refractivity contribution in [2.75, 3.05) is 6.61 Å². The Labute approximate surface area is 174 Å². The van der Waals surface area contributed by atoms with Crippen molar-refractivity contribution in [1.29, 1.82) is 0 Å². The van der Waals surface area contributed by atoms with Crippen LogP contribution in [0.1, 0.15) is 11.7 Å². The fourth-order valence-electron chi connectivity index (χ4n) is 3.70. The van der Waals surface area contributed by atoms with Crippen molar-refractivity contribution in [2.45, 2.75) is 30.5 Å². The van der Waals surface area contributed by atoms with Gasteiger partial charge in [-0.05, 0) is 24.3 Å². The Balaban J connectivity index is 1.96. The zero-order chi connectivity index (χ0) is 22.4. The van der Waals surface area contributed by atoms with Crippen LogP contribution in [0.15, 0.2) is 45.6 Å². The van der Waals surface area contributed by atoms with E-state index >= 15 is 0 Å². The number of hydrogen-bond acceptors (Lipinski definition) is 10. The molecule has 0 radical (unpaired) electrons. The van der Waals surface area contributed by atoms with E-state index in [1.54, 1.807) is 0 Å². The van der Waals surface area contributed by atoms with Gasteiger partial charge in [0.1, 0.15) is 58.9 Å². The van der Waals surface area contributed by atoms with Crippen molar-refractivity contribution in [2.24, 2.45) is 0 Å². The van der Waals surface area contributed by atoms with Gasteiger partial charge in [0.2, 0.25) is 0 Å². The van der Waals surface area contributed by atoms with E-state index in [2.05, 4.69) is 0 Å². The number of hydrogen-bond donors (Lipinski definition) is 7. The molecule has 164 valence electrons. The monoisotopic (exact) mass is 432 g/mol. The van der Waals surface area contributed by atoms with Gasteiger partial charge in [0.05, 0.1) is 12.2 Å². The number of aliphatic hydroxyl groups excluding tert-OH is 4. The van der Waals surface area contributed by atoms with Crippen LogP contribution < -0.4 is 5.43 Å². The minimum absolute atomic E-state index is 0.0100. The van der Waals surface area contributed by atoms with Gasteiger partial charge in [0.15, 0.2) is 11.0 Å². The van der Waals surface area contributed by atoms with E-state index < -0.39 is 54.1 Å². The Kier molecular flexibility index (Phi) is 5.33. The van der Waals surface area contributed by atoms with E-state index in [-0.39, 0.29) is 28.0 Å². The number of aliphatic hydroxyl groups is 4. The molecule has 1 saturated heterocycles. The van der Waals surface area contributed by atoms with Gasteiger partial charge < -0.3 is 44.9 Å². The second-order valence-electron chi connectivity index (χ2n) is 7.30.